The van der Waals surface area contributed by atoms with Gasteiger partial charge in [-0.2, -0.15) is 5.10 Å². The number of carbonyl (C=O) groups excluding carboxylic acids is 1. The lowest BCUT2D eigenvalue weighted by Crippen LogP contribution is -2.32. The Morgan fingerprint density at radius 3 is 2.67 bits per heavy atom. The molecule has 2 heterocycles. The Morgan fingerprint density at radius 2 is 2.00 bits per heavy atom. The van der Waals surface area contributed by atoms with E-state index in [2.05, 4.69) is 23.9 Å². The van der Waals surface area contributed by atoms with Crippen molar-refractivity contribution in [2.24, 2.45) is 5.73 Å². The van der Waals surface area contributed by atoms with E-state index in [1.807, 2.05) is 52.9 Å². The van der Waals surface area contributed by atoms with E-state index in [1.165, 1.54) is 0 Å². The lowest BCUT2D eigenvalue weighted by molar-refractivity contribution is 0.0744. The number of carbonyl (C=O) groups is 1. The number of pyridine rings is 1. The molecule has 2 aromatic heterocycles. The molecule has 2 N–H and O–H groups in total. The van der Waals surface area contributed by atoms with Gasteiger partial charge in [-0.05, 0) is 45.4 Å². The van der Waals surface area contributed by atoms with Crippen LogP contribution in [0.4, 0.5) is 0 Å². The van der Waals surface area contributed by atoms with Crippen LogP contribution in [0.5, 0.6) is 0 Å². The fourth-order valence-electron chi connectivity index (χ4n) is 3.21. The van der Waals surface area contributed by atoms with E-state index in [9.17, 15) is 4.79 Å². The van der Waals surface area contributed by atoms with E-state index in [0.29, 0.717) is 25.2 Å². The zero-order valence-corrected chi connectivity index (χ0v) is 16.2. The molecule has 0 saturated carbocycles. The molecule has 0 unspecified atom stereocenters. The Bertz CT molecular complexity index is 917. The predicted octanol–water partition coefficient (Wildman–Crippen LogP) is 3.31. The molecule has 0 saturated heterocycles. The normalized spacial score (nSPS) is 11.3. The average Bonchev–Trinajstić information content (AvgIpc) is 3.08. The highest BCUT2D eigenvalue weighted by molar-refractivity contribution is 6.05. The maximum Gasteiger partial charge on any atom is 0.255 e. The summed E-state index contributed by atoms with van der Waals surface area (Å²) in [6.45, 7) is 7.75. The van der Waals surface area contributed by atoms with Gasteiger partial charge in [0, 0.05) is 24.8 Å². The van der Waals surface area contributed by atoms with Gasteiger partial charge in [0.05, 0.1) is 17.1 Å². The number of aryl methyl sites for hydroxylation is 1. The summed E-state index contributed by atoms with van der Waals surface area (Å²) in [6, 6.07) is 12.1. The highest BCUT2D eigenvalue weighted by Gasteiger charge is 2.21. The smallest absolute Gasteiger partial charge is 0.255 e. The summed E-state index contributed by atoms with van der Waals surface area (Å²) in [5.74, 6) is -0.00823. The number of rotatable bonds is 7. The van der Waals surface area contributed by atoms with E-state index in [-0.39, 0.29) is 11.9 Å². The van der Waals surface area contributed by atoms with Crippen molar-refractivity contribution < 1.29 is 4.79 Å². The molecule has 1 aromatic carbocycles. The van der Waals surface area contributed by atoms with Gasteiger partial charge in [0.1, 0.15) is 0 Å². The van der Waals surface area contributed by atoms with Crippen molar-refractivity contribution in [2.45, 2.75) is 39.8 Å². The van der Waals surface area contributed by atoms with E-state index in [1.54, 1.807) is 6.20 Å². The van der Waals surface area contributed by atoms with Gasteiger partial charge in [0.2, 0.25) is 0 Å². The molecule has 142 valence electrons. The van der Waals surface area contributed by atoms with Crippen molar-refractivity contribution in [3.05, 3.63) is 59.4 Å². The zero-order chi connectivity index (χ0) is 19.4. The first kappa shape index (κ1) is 19.0. The Balaban J connectivity index is 2.00. The van der Waals surface area contributed by atoms with Crippen LogP contribution < -0.4 is 5.73 Å². The second-order valence-corrected chi connectivity index (χ2v) is 7.09. The van der Waals surface area contributed by atoms with E-state index in [4.69, 9.17) is 5.73 Å². The van der Waals surface area contributed by atoms with Crippen LogP contribution >= 0.6 is 0 Å². The van der Waals surface area contributed by atoms with Gasteiger partial charge in [0.25, 0.3) is 5.91 Å². The number of nitrogens with zero attached hydrogens (tertiary/aromatic N) is 4. The fourth-order valence-corrected chi connectivity index (χ4v) is 3.21. The van der Waals surface area contributed by atoms with Gasteiger partial charge in [-0.1, -0.05) is 30.3 Å². The molecule has 0 bridgehead atoms. The molecular weight excluding hydrogens is 338 g/mol. The Morgan fingerprint density at radius 1 is 1.26 bits per heavy atom. The summed E-state index contributed by atoms with van der Waals surface area (Å²) in [5.41, 5.74) is 9.02. The molecule has 0 aliphatic heterocycles. The molecule has 0 spiro atoms. The lowest BCUT2D eigenvalue weighted by atomic mass is 10.1. The van der Waals surface area contributed by atoms with Gasteiger partial charge >= 0.3 is 0 Å². The van der Waals surface area contributed by atoms with Crippen LogP contribution in [-0.4, -0.2) is 38.7 Å². The Labute approximate surface area is 160 Å². The highest BCUT2D eigenvalue weighted by atomic mass is 16.2. The molecule has 3 aromatic rings. The first-order valence-corrected chi connectivity index (χ1v) is 9.39. The predicted molar refractivity (Wildman–Crippen MR) is 108 cm³/mol. The second-order valence-electron chi connectivity index (χ2n) is 7.09. The number of amides is 1. The van der Waals surface area contributed by atoms with E-state index < -0.39 is 0 Å². The van der Waals surface area contributed by atoms with Crippen molar-refractivity contribution >= 4 is 16.9 Å². The van der Waals surface area contributed by atoms with Crippen molar-refractivity contribution in [3.8, 4) is 0 Å². The number of hydrogen-bond acceptors (Lipinski definition) is 4. The minimum absolute atomic E-state index is 0.00823. The molecule has 3 rings (SSSR count). The topological polar surface area (TPSA) is 77.0 Å². The highest BCUT2D eigenvalue weighted by Crippen LogP contribution is 2.23. The zero-order valence-electron chi connectivity index (χ0n) is 16.2. The summed E-state index contributed by atoms with van der Waals surface area (Å²) in [4.78, 5) is 19.9. The largest absolute Gasteiger partial charge is 0.334 e. The lowest BCUT2D eigenvalue weighted by Gasteiger charge is -2.23. The summed E-state index contributed by atoms with van der Waals surface area (Å²) in [7, 11) is 0. The van der Waals surface area contributed by atoms with Crippen molar-refractivity contribution in [2.75, 3.05) is 13.1 Å². The van der Waals surface area contributed by atoms with Crippen LogP contribution in [0.25, 0.3) is 11.0 Å². The summed E-state index contributed by atoms with van der Waals surface area (Å²) >= 11 is 0. The molecule has 6 nitrogen and oxygen atoms in total. The molecule has 1 amide bonds. The van der Waals surface area contributed by atoms with Gasteiger partial charge in [-0.3, -0.25) is 4.79 Å². The minimum atomic E-state index is -0.00823. The monoisotopic (exact) mass is 365 g/mol. The van der Waals surface area contributed by atoms with Gasteiger partial charge in [0.15, 0.2) is 5.65 Å². The van der Waals surface area contributed by atoms with Gasteiger partial charge < -0.3 is 10.6 Å². The Kier molecular flexibility index (Phi) is 5.86. The minimum Gasteiger partial charge on any atom is -0.334 e. The van der Waals surface area contributed by atoms with Crippen LogP contribution in [0.2, 0.25) is 0 Å². The van der Waals surface area contributed by atoms with Gasteiger partial charge in [-0.25, -0.2) is 9.67 Å². The number of benzene rings is 1. The number of aromatic nitrogens is 3. The molecule has 0 aliphatic rings. The molecule has 0 aliphatic carbocycles. The van der Waals surface area contributed by atoms with Crippen molar-refractivity contribution in [1.82, 2.24) is 19.7 Å². The molecule has 0 atom stereocenters. The van der Waals surface area contributed by atoms with E-state index >= 15 is 0 Å². The molecular formula is C21H27N5O. The summed E-state index contributed by atoms with van der Waals surface area (Å²) in [5, 5.41) is 5.24. The first-order chi connectivity index (χ1) is 13.0. The van der Waals surface area contributed by atoms with Crippen LogP contribution in [0.1, 0.15) is 47.9 Å². The molecule has 27 heavy (non-hydrogen) atoms. The van der Waals surface area contributed by atoms with Crippen LogP contribution in [0.3, 0.4) is 0 Å². The Hall–Kier alpha value is -2.73. The standard InChI is InChI=1S/C21H27N5O/c1-15(2)26-20-19(13-23-26)18(12-16(3)24-20)21(27)25(11-7-10-22)14-17-8-5-4-6-9-17/h4-6,8-9,12-13,15H,7,10-11,14,22H2,1-3H3. The molecule has 6 heteroatoms. The summed E-state index contributed by atoms with van der Waals surface area (Å²) < 4.78 is 1.86. The first-order valence-electron chi connectivity index (χ1n) is 9.39. The number of fused-ring (bicyclic) bond motifs is 1. The number of nitrogens with two attached hydrogens (primary N) is 1. The van der Waals surface area contributed by atoms with Crippen LogP contribution in [0.15, 0.2) is 42.6 Å². The van der Waals surface area contributed by atoms with Crippen LogP contribution in [0, 0.1) is 6.92 Å². The second kappa shape index (κ2) is 8.31. The third-order valence-electron chi connectivity index (χ3n) is 4.55. The maximum atomic E-state index is 13.4. The van der Waals surface area contributed by atoms with Crippen LogP contribution in [-0.2, 0) is 6.54 Å². The quantitative estimate of drug-likeness (QED) is 0.697. The maximum absolute atomic E-state index is 13.4. The fraction of sp³-hybridized carbons (Fsp3) is 0.381. The number of hydrogen-bond donors (Lipinski definition) is 1. The van der Waals surface area contributed by atoms with Gasteiger partial charge in [-0.15, -0.1) is 0 Å². The molecule has 0 radical (unpaired) electrons. The average molecular weight is 365 g/mol. The summed E-state index contributed by atoms with van der Waals surface area (Å²) in [6.07, 6.45) is 2.51. The third kappa shape index (κ3) is 4.17. The third-order valence-corrected chi connectivity index (χ3v) is 4.55. The SMILES string of the molecule is Cc1cc(C(=O)N(CCCN)Cc2ccccc2)c2cnn(C(C)C)c2n1. The van der Waals surface area contributed by atoms with Crippen molar-refractivity contribution in [1.29, 1.82) is 0 Å². The molecule has 0 fully saturated rings. The van der Waals surface area contributed by atoms with E-state index in [0.717, 1.165) is 28.7 Å². The van der Waals surface area contributed by atoms with Crippen molar-refractivity contribution in [3.63, 3.8) is 0 Å².